The van der Waals surface area contributed by atoms with Gasteiger partial charge in [-0.25, -0.2) is 4.98 Å². The van der Waals surface area contributed by atoms with Gasteiger partial charge in [-0.3, -0.25) is 9.69 Å². The molecule has 4 heterocycles. The van der Waals surface area contributed by atoms with Crippen LogP contribution in [0, 0.1) is 6.92 Å². The molecular weight excluding hydrogens is 352 g/mol. The number of aryl methyl sites for hydroxylation is 1. The molecule has 0 bridgehead atoms. The van der Waals surface area contributed by atoms with Crippen LogP contribution in [-0.2, 0) is 12.0 Å². The van der Waals surface area contributed by atoms with Crippen LogP contribution in [0.4, 0.5) is 0 Å². The molecule has 2 aliphatic rings. The molecule has 2 aliphatic heterocycles. The summed E-state index contributed by atoms with van der Waals surface area (Å²) in [6, 6.07) is 7.79. The number of rotatable bonds is 2. The van der Waals surface area contributed by atoms with Crippen molar-refractivity contribution in [1.82, 2.24) is 19.8 Å². The van der Waals surface area contributed by atoms with E-state index in [2.05, 4.69) is 21.8 Å². The van der Waals surface area contributed by atoms with Gasteiger partial charge >= 0.3 is 0 Å². The van der Waals surface area contributed by atoms with E-state index in [1.807, 2.05) is 42.4 Å². The third kappa shape index (κ3) is 2.51. The minimum absolute atomic E-state index is 0.0492. The first-order chi connectivity index (χ1) is 13.6. The number of H-pyrrole nitrogens is 1. The van der Waals surface area contributed by atoms with Crippen molar-refractivity contribution < 1.29 is 9.21 Å². The van der Waals surface area contributed by atoms with Gasteiger partial charge in [-0.05, 0) is 38.4 Å². The number of carbonyl (C=O) groups excluding carboxylic acids is 1. The smallest absolute Gasteiger partial charge is 0.257 e. The fraction of sp³-hybridized carbons (Fsp3) is 0.455. The van der Waals surface area contributed by atoms with Gasteiger partial charge in [-0.2, -0.15) is 0 Å². The third-order valence-corrected chi connectivity index (χ3v) is 6.55. The SMILES string of the molecule is CCN1CCc2[nH]cnc2C12CCN(C(=O)c1cccc3cc(C)oc13)CC2. The maximum atomic E-state index is 13.3. The number of hydrogen-bond acceptors (Lipinski definition) is 4. The van der Waals surface area contributed by atoms with E-state index < -0.39 is 0 Å². The van der Waals surface area contributed by atoms with Crippen LogP contribution < -0.4 is 0 Å². The minimum atomic E-state index is -0.0492. The highest BCUT2D eigenvalue weighted by atomic mass is 16.3. The Morgan fingerprint density at radius 1 is 1.29 bits per heavy atom. The zero-order valence-corrected chi connectivity index (χ0v) is 16.5. The maximum absolute atomic E-state index is 13.3. The van der Waals surface area contributed by atoms with E-state index in [1.54, 1.807) is 0 Å². The Kier molecular flexibility index (Phi) is 4.05. The Morgan fingerprint density at radius 2 is 2.11 bits per heavy atom. The van der Waals surface area contributed by atoms with Gasteiger partial charge in [0.25, 0.3) is 5.91 Å². The standard InChI is InChI=1S/C22H26N4O2/c1-3-26-10-7-18-20(24-14-23-18)22(26)8-11-25(12-9-22)21(27)17-6-4-5-16-13-15(2)28-19(16)17/h4-6,13-14H,3,7-12H2,1-2H3,(H,23,24). The van der Waals surface area contributed by atoms with Crippen molar-refractivity contribution in [3.8, 4) is 0 Å². The second-order valence-electron chi connectivity index (χ2n) is 7.96. The lowest BCUT2D eigenvalue weighted by atomic mass is 9.78. The van der Waals surface area contributed by atoms with Crippen molar-refractivity contribution in [2.24, 2.45) is 0 Å². The maximum Gasteiger partial charge on any atom is 0.257 e. The summed E-state index contributed by atoms with van der Waals surface area (Å²) >= 11 is 0. The molecule has 0 radical (unpaired) electrons. The quantitative estimate of drug-likeness (QED) is 0.742. The van der Waals surface area contributed by atoms with Gasteiger partial charge < -0.3 is 14.3 Å². The molecule has 5 rings (SSSR count). The minimum Gasteiger partial charge on any atom is -0.461 e. The van der Waals surface area contributed by atoms with E-state index >= 15 is 0 Å². The molecule has 0 unspecified atom stereocenters. The Morgan fingerprint density at radius 3 is 2.89 bits per heavy atom. The van der Waals surface area contributed by atoms with Gasteiger partial charge in [-0.1, -0.05) is 19.1 Å². The summed E-state index contributed by atoms with van der Waals surface area (Å²) in [5.74, 6) is 0.899. The van der Waals surface area contributed by atoms with Gasteiger partial charge in [0, 0.05) is 37.1 Å². The molecule has 28 heavy (non-hydrogen) atoms. The van der Waals surface area contributed by atoms with Crippen LogP contribution in [0.25, 0.3) is 11.0 Å². The molecule has 146 valence electrons. The van der Waals surface area contributed by atoms with E-state index in [4.69, 9.17) is 4.42 Å². The van der Waals surface area contributed by atoms with Crippen molar-refractivity contribution in [2.45, 2.75) is 38.6 Å². The number of imidazole rings is 1. The molecule has 3 aromatic rings. The van der Waals surface area contributed by atoms with E-state index in [-0.39, 0.29) is 11.4 Å². The molecule has 2 aromatic heterocycles. The fourth-order valence-electron chi connectivity index (χ4n) is 5.15. The van der Waals surface area contributed by atoms with Crippen LogP contribution in [0.1, 0.15) is 47.3 Å². The summed E-state index contributed by atoms with van der Waals surface area (Å²) in [6.07, 6.45) is 4.67. The Balaban J connectivity index is 1.42. The highest BCUT2D eigenvalue weighted by Crippen LogP contribution is 2.42. The van der Waals surface area contributed by atoms with Gasteiger partial charge in [0.2, 0.25) is 0 Å². The van der Waals surface area contributed by atoms with Crippen LogP contribution in [0.3, 0.4) is 0 Å². The van der Waals surface area contributed by atoms with Gasteiger partial charge in [0.05, 0.1) is 23.1 Å². The topological polar surface area (TPSA) is 65.4 Å². The average Bonchev–Trinajstić information content (AvgIpc) is 3.34. The Labute approximate surface area is 164 Å². The summed E-state index contributed by atoms with van der Waals surface area (Å²) in [5, 5.41) is 0.988. The lowest BCUT2D eigenvalue weighted by molar-refractivity contribution is 0.0103. The molecule has 0 aliphatic carbocycles. The van der Waals surface area contributed by atoms with Crippen LogP contribution in [-0.4, -0.2) is 51.9 Å². The van der Waals surface area contributed by atoms with Crippen LogP contribution >= 0.6 is 0 Å². The molecule has 1 spiro atoms. The first-order valence-electron chi connectivity index (χ1n) is 10.2. The largest absolute Gasteiger partial charge is 0.461 e. The molecule has 1 amide bonds. The zero-order valence-electron chi connectivity index (χ0n) is 16.5. The molecule has 0 atom stereocenters. The number of aromatic nitrogens is 2. The molecule has 6 nitrogen and oxygen atoms in total. The van der Waals surface area contributed by atoms with Crippen molar-refractivity contribution in [3.05, 3.63) is 53.3 Å². The summed E-state index contributed by atoms with van der Waals surface area (Å²) in [7, 11) is 0. The van der Waals surface area contributed by atoms with Gasteiger partial charge in [0.1, 0.15) is 11.3 Å². The fourth-order valence-corrected chi connectivity index (χ4v) is 5.15. The van der Waals surface area contributed by atoms with Crippen molar-refractivity contribution in [1.29, 1.82) is 0 Å². The number of carbonyl (C=O) groups is 1. The molecule has 1 aromatic carbocycles. The molecule has 1 saturated heterocycles. The van der Waals surface area contributed by atoms with Gasteiger partial charge in [-0.15, -0.1) is 0 Å². The number of benzene rings is 1. The number of likely N-dealkylation sites (N-methyl/N-ethyl adjacent to an activating group) is 1. The number of para-hydroxylation sites is 1. The Bertz CT molecular complexity index is 1030. The number of fused-ring (bicyclic) bond motifs is 3. The van der Waals surface area contributed by atoms with Gasteiger partial charge in [0.15, 0.2) is 0 Å². The number of nitrogens with one attached hydrogen (secondary N) is 1. The molecule has 0 saturated carbocycles. The van der Waals surface area contributed by atoms with E-state index in [0.29, 0.717) is 11.1 Å². The Hall–Kier alpha value is -2.60. The molecule has 1 fully saturated rings. The van der Waals surface area contributed by atoms with Crippen LogP contribution in [0.15, 0.2) is 35.0 Å². The number of furan rings is 1. The van der Waals surface area contributed by atoms with Crippen molar-refractivity contribution in [3.63, 3.8) is 0 Å². The van der Waals surface area contributed by atoms with E-state index in [1.165, 1.54) is 11.4 Å². The number of nitrogens with zero attached hydrogens (tertiary/aromatic N) is 3. The first kappa shape index (κ1) is 17.5. The summed E-state index contributed by atoms with van der Waals surface area (Å²) in [6.45, 7) is 7.66. The monoisotopic (exact) mass is 378 g/mol. The number of amides is 1. The lowest BCUT2D eigenvalue weighted by Gasteiger charge is -2.50. The average molecular weight is 378 g/mol. The van der Waals surface area contributed by atoms with Crippen molar-refractivity contribution >= 4 is 16.9 Å². The number of aromatic amines is 1. The van der Waals surface area contributed by atoms with Crippen LogP contribution in [0.5, 0.6) is 0 Å². The number of likely N-dealkylation sites (tertiary alicyclic amines) is 1. The molecular formula is C22H26N4O2. The predicted octanol–water partition coefficient (Wildman–Crippen LogP) is 3.47. The van der Waals surface area contributed by atoms with E-state index in [9.17, 15) is 4.79 Å². The van der Waals surface area contributed by atoms with Crippen LogP contribution in [0.2, 0.25) is 0 Å². The summed E-state index contributed by atoms with van der Waals surface area (Å²) < 4.78 is 5.82. The normalized spacial score (nSPS) is 19.3. The molecule has 1 N–H and O–H groups in total. The third-order valence-electron chi connectivity index (χ3n) is 6.55. The van der Waals surface area contributed by atoms with Crippen molar-refractivity contribution in [2.75, 3.05) is 26.2 Å². The number of hydrogen-bond donors (Lipinski definition) is 1. The number of piperidine rings is 1. The predicted molar refractivity (Wildman–Crippen MR) is 107 cm³/mol. The summed E-state index contributed by atoms with van der Waals surface area (Å²) in [5.41, 5.74) is 3.77. The highest BCUT2D eigenvalue weighted by Gasteiger charge is 2.46. The highest BCUT2D eigenvalue weighted by molar-refractivity contribution is 6.05. The lowest BCUT2D eigenvalue weighted by Crippen LogP contribution is -2.57. The molecule has 6 heteroatoms. The second kappa shape index (κ2) is 6.48. The first-order valence-corrected chi connectivity index (χ1v) is 10.2. The van der Waals surface area contributed by atoms with E-state index in [0.717, 1.165) is 56.6 Å². The summed E-state index contributed by atoms with van der Waals surface area (Å²) in [4.78, 5) is 25.8. The zero-order chi connectivity index (χ0) is 19.3. The second-order valence-corrected chi connectivity index (χ2v) is 7.96.